The molecule has 1 atom stereocenters. The van der Waals surface area contributed by atoms with Crippen molar-refractivity contribution in [2.75, 3.05) is 0 Å². The highest BCUT2D eigenvalue weighted by atomic mass is 16.5. The maximum Gasteiger partial charge on any atom is 0.407 e. The van der Waals surface area contributed by atoms with Gasteiger partial charge >= 0.3 is 12.1 Å². The van der Waals surface area contributed by atoms with Crippen LogP contribution in [-0.2, 0) is 20.9 Å². The van der Waals surface area contributed by atoms with Gasteiger partial charge in [-0.05, 0) is 5.56 Å². The minimum Gasteiger partial charge on any atom is -0.481 e. The van der Waals surface area contributed by atoms with Crippen molar-refractivity contribution in [3.8, 4) is 0 Å². The molecule has 0 aromatic heterocycles. The highest BCUT2D eigenvalue weighted by Gasteiger charge is 2.27. The van der Waals surface area contributed by atoms with Gasteiger partial charge in [0.05, 0.1) is 6.42 Å². The fraction of sp³-hybridized carbons (Fsp3) is 0.471. The lowest BCUT2D eigenvalue weighted by Gasteiger charge is -2.21. The van der Waals surface area contributed by atoms with Crippen LogP contribution in [0.25, 0.3) is 0 Å². The number of benzene rings is 1. The third-order valence-electron chi connectivity index (χ3n) is 3.22. The van der Waals surface area contributed by atoms with E-state index in [0.717, 1.165) is 5.56 Å². The number of alkyl carbamates (subject to hydrolysis) is 1. The summed E-state index contributed by atoms with van der Waals surface area (Å²) >= 11 is 0. The standard InChI is InChI=1S/C17H23NO5/c1-17(2,3)14(19)9-13(10-15(20)21)18-16(22)23-11-12-7-5-4-6-8-12/h4-8,13H,9-11H2,1-3H3,(H,18,22)(H,20,21)/t13-/m0/s1. The lowest BCUT2D eigenvalue weighted by atomic mass is 9.86. The molecule has 0 bridgehead atoms. The lowest BCUT2D eigenvalue weighted by molar-refractivity contribution is -0.137. The van der Waals surface area contributed by atoms with Crippen LogP contribution in [0, 0.1) is 5.41 Å². The Labute approximate surface area is 135 Å². The maximum atomic E-state index is 12.0. The fourth-order valence-corrected chi connectivity index (χ4v) is 1.85. The van der Waals surface area contributed by atoms with Crippen LogP contribution < -0.4 is 5.32 Å². The van der Waals surface area contributed by atoms with Crippen molar-refractivity contribution in [1.29, 1.82) is 0 Å². The van der Waals surface area contributed by atoms with E-state index in [2.05, 4.69) is 5.32 Å². The van der Waals surface area contributed by atoms with Gasteiger partial charge in [-0.2, -0.15) is 0 Å². The number of hydrogen-bond acceptors (Lipinski definition) is 4. The number of ether oxygens (including phenoxy) is 1. The highest BCUT2D eigenvalue weighted by Crippen LogP contribution is 2.18. The minimum atomic E-state index is -1.08. The molecule has 1 aromatic rings. The van der Waals surface area contributed by atoms with Gasteiger partial charge in [-0.25, -0.2) is 4.79 Å². The molecule has 0 spiro atoms. The number of hydrogen-bond donors (Lipinski definition) is 2. The van der Waals surface area contributed by atoms with Crippen LogP contribution in [0.3, 0.4) is 0 Å². The van der Waals surface area contributed by atoms with Gasteiger partial charge in [0.1, 0.15) is 12.4 Å². The summed E-state index contributed by atoms with van der Waals surface area (Å²) in [6, 6.07) is 8.33. The monoisotopic (exact) mass is 321 g/mol. The second kappa shape index (κ2) is 8.31. The predicted molar refractivity (Wildman–Crippen MR) is 84.9 cm³/mol. The number of rotatable bonds is 7. The van der Waals surface area contributed by atoms with Gasteiger partial charge < -0.3 is 15.2 Å². The first-order valence-electron chi connectivity index (χ1n) is 7.41. The van der Waals surface area contributed by atoms with Crippen LogP contribution in [0.4, 0.5) is 4.79 Å². The van der Waals surface area contributed by atoms with Crippen LogP contribution in [0.15, 0.2) is 30.3 Å². The number of carbonyl (C=O) groups excluding carboxylic acids is 2. The van der Waals surface area contributed by atoms with E-state index in [1.165, 1.54) is 0 Å². The molecule has 0 fully saturated rings. The summed E-state index contributed by atoms with van der Waals surface area (Å²) in [5, 5.41) is 11.4. The van der Waals surface area contributed by atoms with Crippen LogP contribution in [0.1, 0.15) is 39.2 Å². The Balaban J connectivity index is 2.56. The van der Waals surface area contributed by atoms with E-state index < -0.39 is 23.5 Å². The SMILES string of the molecule is CC(C)(C)C(=O)C[C@@H](CC(=O)O)NC(=O)OCc1ccccc1. The summed E-state index contributed by atoms with van der Waals surface area (Å²) in [5.41, 5.74) is 0.232. The van der Waals surface area contributed by atoms with Crippen LogP contribution in [-0.4, -0.2) is 29.0 Å². The number of nitrogens with one attached hydrogen (secondary N) is 1. The van der Waals surface area contributed by atoms with E-state index in [0.29, 0.717) is 0 Å². The van der Waals surface area contributed by atoms with Crippen molar-refractivity contribution >= 4 is 17.8 Å². The molecule has 0 saturated carbocycles. The van der Waals surface area contributed by atoms with Crippen molar-refractivity contribution in [3.63, 3.8) is 0 Å². The molecule has 6 heteroatoms. The first-order valence-corrected chi connectivity index (χ1v) is 7.41. The van der Waals surface area contributed by atoms with Crippen LogP contribution in [0.5, 0.6) is 0 Å². The minimum absolute atomic E-state index is 0.0454. The van der Waals surface area contributed by atoms with Crippen molar-refractivity contribution in [2.45, 2.75) is 46.3 Å². The second-order valence-electron chi connectivity index (χ2n) is 6.38. The number of aliphatic carboxylic acids is 1. The summed E-state index contributed by atoms with van der Waals surface area (Å²) in [6.45, 7) is 5.34. The molecule has 6 nitrogen and oxygen atoms in total. The van der Waals surface area contributed by atoms with E-state index >= 15 is 0 Å². The molecule has 126 valence electrons. The zero-order valence-electron chi connectivity index (χ0n) is 13.7. The Morgan fingerprint density at radius 1 is 1.13 bits per heavy atom. The number of ketones is 1. The fourth-order valence-electron chi connectivity index (χ4n) is 1.85. The smallest absolute Gasteiger partial charge is 0.407 e. The van der Waals surface area contributed by atoms with Crippen molar-refractivity contribution in [2.24, 2.45) is 5.41 Å². The zero-order valence-corrected chi connectivity index (χ0v) is 13.7. The quantitative estimate of drug-likeness (QED) is 0.805. The van der Waals surface area contributed by atoms with E-state index in [-0.39, 0.29) is 25.2 Å². The number of carbonyl (C=O) groups is 3. The number of carboxylic acids is 1. The molecule has 1 amide bonds. The van der Waals surface area contributed by atoms with Gasteiger partial charge in [-0.3, -0.25) is 9.59 Å². The second-order valence-corrected chi connectivity index (χ2v) is 6.38. The maximum absolute atomic E-state index is 12.0. The van der Waals surface area contributed by atoms with Gasteiger partial charge in [0, 0.05) is 17.9 Å². The van der Waals surface area contributed by atoms with Gasteiger partial charge in [0.15, 0.2) is 0 Å². The summed E-state index contributed by atoms with van der Waals surface area (Å²) in [7, 11) is 0. The Hall–Kier alpha value is -2.37. The first kappa shape index (κ1) is 18.7. The Morgan fingerprint density at radius 3 is 2.26 bits per heavy atom. The summed E-state index contributed by atoms with van der Waals surface area (Å²) in [6.07, 6.45) is -1.11. The molecule has 2 N–H and O–H groups in total. The van der Waals surface area contributed by atoms with Crippen molar-refractivity contribution < 1.29 is 24.2 Å². The number of carboxylic acid groups (broad SMARTS) is 1. The largest absolute Gasteiger partial charge is 0.481 e. The molecule has 0 aliphatic rings. The van der Waals surface area contributed by atoms with Crippen molar-refractivity contribution in [1.82, 2.24) is 5.32 Å². The average molecular weight is 321 g/mol. The molecule has 0 aliphatic heterocycles. The molecular formula is C17H23NO5. The number of Topliss-reactive ketones (excluding diaryl/α,β-unsaturated/α-hetero) is 1. The topological polar surface area (TPSA) is 92.7 Å². The van der Waals surface area contributed by atoms with Gasteiger partial charge in [0.25, 0.3) is 0 Å². The number of amides is 1. The summed E-state index contributed by atoms with van der Waals surface area (Å²) < 4.78 is 5.05. The molecule has 1 aromatic carbocycles. The van der Waals surface area contributed by atoms with E-state index in [9.17, 15) is 14.4 Å². The summed E-state index contributed by atoms with van der Waals surface area (Å²) in [5.74, 6) is -1.20. The van der Waals surface area contributed by atoms with Crippen LogP contribution >= 0.6 is 0 Å². The third-order valence-corrected chi connectivity index (χ3v) is 3.22. The van der Waals surface area contributed by atoms with E-state index in [1.54, 1.807) is 20.8 Å². The van der Waals surface area contributed by atoms with Gasteiger partial charge in [0.2, 0.25) is 0 Å². The predicted octanol–water partition coefficient (Wildman–Crippen LogP) is 2.76. The average Bonchev–Trinajstić information content (AvgIpc) is 2.44. The molecule has 0 aliphatic carbocycles. The summed E-state index contributed by atoms with van der Waals surface area (Å²) in [4.78, 5) is 34.7. The highest BCUT2D eigenvalue weighted by molar-refractivity contribution is 5.85. The Bertz CT molecular complexity index is 548. The molecule has 0 heterocycles. The lowest BCUT2D eigenvalue weighted by Crippen LogP contribution is -2.40. The normalized spacial score (nSPS) is 12.3. The molecule has 0 unspecified atom stereocenters. The Morgan fingerprint density at radius 2 is 1.74 bits per heavy atom. The molecule has 23 heavy (non-hydrogen) atoms. The molecule has 1 rings (SSSR count). The zero-order chi connectivity index (χ0) is 17.5. The first-order chi connectivity index (χ1) is 10.7. The molecule has 0 saturated heterocycles. The van der Waals surface area contributed by atoms with Gasteiger partial charge in [-0.15, -0.1) is 0 Å². The van der Waals surface area contributed by atoms with Gasteiger partial charge in [-0.1, -0.05) is 51.1 Å². The third kappa shape index (κ3) is 7.44. The molecule has 0 radical (unpaired) electrons. The van der Waals surface area contributed by atoms with E-state index in [1.807, 2.05) is 30.3 Å². The van der Waals surface area contributed by atoms with Crippen LogP contribution in [0.2, 0.25) is 0 Å². The molecular weight excluding hydrogens is 298 g/mol. The Kier molecular flexibility index (Phi) is 6.75. The van der Waals surface area contributed by atoms with Crippen molar-refractivity contribution in [3.05, 3.63) is 35.9 Å². The van der Waals surface area contributed by atoms with E-state index in [4.69, 9.17) is 9.84 Å².